The lowest BCUT2D eigenvalue weighted by atomic mass is 9.87. The van der Waals surface area contributed by atoms with E-state index in [1.807, 2.05) is 44.2 Å². The van der Waals surface area contributed by atoms with Crippen molar-refractivity contribution in [2.75, 3.05) is 6.67 Å². The van der Waals surface area contributed by atoms with Crippen LogP contribution in [-0.2, 0) is 22.8 Å². The second-order valence-corrected chi connectivity index (χ2v) is 7.53. The van der Waals surface area contributed by atoms with E-state index in [9.17, 15) is 14.0 Å². The molecule has 1 aromatic heterocycles. The van der Waals surface area contributed by atoms with Crippen molar-refractivity contribution in [3.05, 3.63) is 69.0 Å². The third-order valence-corrected chi connectivity index (χ3v) is 6.06. The Morgan fingerprint density at radius 2 is 1.96 bits per heavy atom. The largest absolute Gasteiger partial charge is 0.356 e. The van der Waals surface area contributed by atoms with Crippen LogP contribution < -0.4 is 11.2 Å². The molecule has 8 heteroatoms. The van der Waals surface area contributed by atoms with Crippen LogP contribution in [0.15, 0.2) is 52.2 Å². The van der Waals surface area contributed by atoms with E-state index >= 15 is 0 Å². The Morgan fingerprint density at radius 1 is 1.25 bits per heavy atom. The molecule has 3 rings (SSSR count). The molecule has 0 bridgehead atoms. The first-order chi connectivity index (χ1) is 13.4. The number of hydrogen-bond acceptors (Lipinski definition) is 4. The van der Waals surface area contributed by atoms with E-state index in [2.05, 4.69) is 0 Å². The van der Waals surface area contributed by atoms with Crippen molar-refractivity contribution >= 4 is 11.6 Å². The molecule has 6 nitrogen and oxygen atoms in total. The van der Waals surface area contributed by atoms with Gasteiger partial charge in [0.25, 0.3) is 5.56 Å². The Morgan fingerprint density at radius 3 is 2.57 bits per heavy atom. The average molecular weight is 411 g/mol. The summed E-state index contributed by atoms with van der Waals surface area (Å²) in [6.07, 6.45) is 0.912. The van der Waals surface area contributed by atoms with Gasteiger partial charge in [-0.1, -0.05) is 44.2 Å². The summed E-state index contributed by atoms with van der Waals surface area (Å²) in [5.74, 6) is -0.296. The molecule has 0 amide bonds. The van der Waals surface area contributed by atoms with E-state index < -0.39 is 35.1 Å². The number of aromatic nitrogens is 2. The maximum absolute atomic E-state index is 13.7. The molecule has 1 saturated heterocycles. The summed E-state index contributed by atoms with van der Waals surface area (Å²) >= 11 is 6.48. The quantitative estimate of drug-likeness (QED) is 0.658. The number of alkyl halides is 2. The second kappa shape index (κ2) is 8.59. The predicted molar refractivity (Wildman–Crippen MR) is 104 cm³/mol. The summed E-state index contributed by atoms with van der Waals surface area (Å²) in [5, 5.41) is -0.607. The Kier molecular flexibility index (Phi) is 6.37. The minimum absolute atomic E-state index is 0.204. The molecule has 1 aromatic carbocycles. The Balaban J connectivity index is 1.83. The molecule has 0 aliphatic carbocycles. The van der Waals surface area contributed by atoms with E-state index in [0.29, 0.717) is 6.42 Å². The highest BCUT2D eigenvalue weighted by Gasteiger charge is 2.52. The van der Waals surface area contributed by atoms with Gasteiger partial charge in [-0.05, 0) is 12.0 Å². The molecule has 152 valence electrons. The molecular formula is C20H24ClFN2O4. The first kappa shape index (κ1) is 20.8. The third-order valence-electron chi connectivity index (χ3n) is 5.46. The molecule has 4 atom stereocenters. The number of rotatable bonds is 7. The molecule has 28 heavy (non-hydrogen) atoms. The van der Waals surface area contributed by atoms with Crippen molar-refractivity contribution in [1.29, 1.82) is 0 Å². The highest BCUT2D eigenvalue weighted by Crippen LogP contribution is 2.45. The fourth-order valence-electron chi connectivity index (χ4n) is 3.49. The molecule has 0 spiro atoms. The summed E-state index contributed by atoms with van der Waals surface area (Å²) in [5.41, 5.74) is -1.20. The number of nitrogens with zero attached hydrogens (tertiary/aromatic N) is 2. The van der Waals surface area contributed by atoms with E-state index in [4.69, 9.17) is 21.1 Å². The van der Waals surface area contributed by atoms with E-state index in [1.165, 1.54) is 16.8 Å². The van der Waals surface area contributed by atoms with Crippen LogP contribution in [0.3, 0.4) is 0 Å². The lowest BCUT2D eigenvalue weighted by Gasteiger charge is -2.28. The zero-order chi connectivity index (χ0) is 20.3. The summed E-state index contributed by atoms with van der Waals surface area (Å²) < 4.78 is 27.4. The SMILES string of the molecule is CC[C@@]1(CF)O[C@@H](n2ccc(=O)n(COCc3ccccc3)c2=O)[C@@H](Cl)[C@@H]1C. The van der Waals surface area contributed by atoms with Crippen molar-refractivity contribution in [2.24, 2.45) is 5.92 Å². The lowest BCUT2D eigenvalue weighted by molar-refractivity contribution is -0.0987. The number of benzene rings is 1. The fourth-order valence-corrected chi connectivity index (χ4v) is 3.89. The van der Waals surface area contributed by atoms with Gasteiger partial charge in [0.15, 0.2) is 6.23 Å². The van der Waals surface area contributed by atoms with Crippen LogP contribution >= 0.6 is 11.6 Å². The van der Waals surface area contributed by atoms with Gasteiger partial charge in [0.05, 0.1) is 12.0 Å². The molecule has 2 heterocycles. The highest BCUT2D eigenvalue weighted by molar-refractivity contribution is 6.21. The average Bonchev–Trinajstić information content (AvgIpc) is 2.97. The topological polar surface area (TPSA) is 62.5 Å². The van der Waals surface area contributed by atoms with Gasteiger partial charge in [-0.25, -0.2) is 13.8 Å². The van der Waals surface area contributed by atoms with Crippen LogP contribution in [0.1, 0.15) is 32.1 Å². The summed E-state index contributed by atoms with van der Waals surface area (Å²) in [4.78, 5) is 25.0. The predicted octanol–water partition coefficient (Wildman–Crippen LogP) is 3.07. The van der Waals surface area contributed by atoms with E-state index in [0.717, 1.165) is 10.1 Å². The Bertz CT molecular complexity index is 910. The molecule has 0 unspecified atom stereocenters. The fraction of sp³-hybridized carbons (Fsp3) is 0.500. The Hall–Kier alpha value is -1.96. The molecular weight excluding hydrogens is 387 g/mol. The van der Waals surface area contributed by atoms with E-state index in [1.54, 1.807) is 0 Å². The summed E-state index contributed by atoms with van der Waals surface area (Å²) in [7, 11) is 0. The van der Waals surface area contributed by atoms with Crippen molar-refractivity contribution in [3.63, 3.8) is 0 Å². The minimum atomic E-state index is -1.04. The number of hydrogen-bond donors (Lipinski definition) is 0. The maximum atomic E-state index is 13.7. The van der Waals surface area contributed by atoms with Crippen LogP contribution in [-0.4, -0.2) is 26.8 Å². The molecule has 2 aromatic rings. The number of ether oxygens (including phenoxy) is 2. The van der Waals surface area contributed by atoms with Crippen molar-refractivity contribution in [2.45, 2.75) is 50.8 Å². The molecule has 1 aliphatic rings. The van der Waals surface area contributed by atoms with Crippen molar-refractivity contribution < 1.29 is 13.9 Å². The van der Waals surface area contributed by atoms with Crippen LogP contribution in [0.25, 0.3) is 0 Å². The zero-order valence-corrected chi connectivity index (χ0v) is 16.6. The van der Waals surface area contributed by atoms with Gasteiger partial charge in [0.2, 0.25) is 0 Å². The zero-order valence-electron chi connectivity index (χ0n) is 15.9. The molecule has 1 aliphatic heterocycles. The molecule has 1 fully saturated rings. The maximum Gasteiger partial charge on any atom is 0.335 e. The monoisotopic (exact) mass is 410 g/mol. The van der Waals surface area contributed by atoms with Gasteiger partial charge < -0.3 is 9.47 Å². The summed E-state index contributed by atoms with van der Waals surface area (Å²) in [6.45, 7) is 3.00. The smallest absolute Gasteiger partial charge is 0.335 e. The van der Waals surface area contributed by atoms with Crippen LogP contribution in [0.2, 0.25) is 0 Å². The third kappa shape index (κ3) is 3.79. The molecule has 0 radical (unpaired) electrons. The first-order valence-electron chi connectivity index (χ1n) is 9.25. The lowest BCUT2D eigenvalue weighted by Crippen LogP contribution is -2.42. The normalized spacial score (nSPS) is 27.2. The highest BCUT2D eigenvalue weighted by atomic mass is 35.5. The van der Waals surface area contributed by atoms with Gasteiger partial charge in [-0.15, -0.1) is 11.6 Å². The standard InChI is InChI=1S/C20H24ClFN2O4/c1-3-20(12-22)14(2)17(21)18(28-20)23-10-9-16(25)24(19(23)26)13-27-11-15-7-5-4-6-8-15/h4-10,14,17-18H,3,11-13H2,1-2H3/t14-,17-,18+,20-/m0/s1. The van der Waals surface area contributed by atoms with Crippen molar-refractivity contribution in [3.8, 4) is 0 Å². The molecule has 0 saturated carbocycles. The van der Waals surface area contributed by atoms with Crippen LogP contribution in [0.5, 0.6) is 0 Å². The van der Waals surface area contributed by atoms with Gasteiger partial charge in [0, 0.05) is 18.2 Å². The van der Waals surface area contributed by atoms with Gasteiger partial charge in [-0.2, -0.15) is 0 Å². The minimum Gasteiger partial charge on any atom is -0.356 e. The van der Waals surface area contributed by atoms with Crippen LogP contribution in [0, 0.1) is 5.92 Å². The van der Waals surface area contributed by atoms with Crippen LogP contribution in [0.4, 0.5) is 4.39 Å². The molecule has 0 N–H and O–H groups in total. The van der Waals surface area contributed by atoms with Gasteiger partial charge >= 0.3 is 5.69 Å². The Labute approximate surface area is 167 Å². The number of halogens is 2. The van der Waals surface area contributed by atoms with Gasteiger partial charge in [0.1, 0.15) is 19.0 Å². The van der Waals surface area contributed by atoms with E-state index in [-0.39, 0.29) is 19.3 Å². The summed E-state index contributed by atoms with van der Waals surface area (Å²) in [6, 6.07) is 10.7. The van der Waals surface area contributed by atoms with Crippen molar-refractivity contribution in [1.82, 2.24) is 9.13 Å². The first-order valence-corrected chi connectivity index (χ1v) is 9.68. The second-order valence-electron chi connectivity index (χ2n) is 7.03. The van der Waals surface area contributed by atoms with Gasteiger partial charge in [-0.3, -0.25) is 9.36 Å².